The molecule has 0 radical (unpaired) electrons. The fourth-order valence-electron chi connectivity index (χ4n) is 12.0. The highest BCUT2D eigenvalue weighted by molar-refractivity contribution is 7.00. The van der Waals surface area contributed by atoms with E-state index in [2.05, 4.69) is 248 Å². The van der Waals surface area contributed by atoms with E-state index in [-0.39, 0.29) is 63.6 Å². The van der Waals surface area contributed by atoms with E-state index in [0.29, 0.717) is 5.69 Å². The Labute approximate surface area is 445 Å². The van der Waals surface area contributed by atoms with Gasteiger partial charge in [-0.3, -0.25) is 0 Å². The molecule has 0 fully saturated rings. The van der Waals surface area contributed by atoms with Crippen molar-refractivity contribution in [2.45, 2.75) is 138 Å². The van der Waals surface area contributed by atoms with E-state index in [1.54, 1.807) is 0 Å². The molecule has 0 amide bonds. The summed E-state index contributed by atoms with van der Waals surface area (Å²) in [6.07, 6.45) is 0. The average Bonchev–Trinajstić information content (AvgIpc) is 3.75. The van der Waals surface area contributed by atoms with E-state index in [1.807, 2.05) is 4.90 Å². The van der Waals surface area contributed by atoms with Gasteiger partial charge in [-0.05, 0) is 174 Å². The molecular formula is C69H74BN3. The highest BCUT2D eigenvalue weighted by Crippen LogP contribution is 2.53. The molecule has 11 rings (SSSR count). The molecule has 0 unspecified atom stereocenters. The Morgan fingerprint density at radius 3 is 1.62 bits per heavy atom. The van der Waals surface area contributed by atoms with Crippen LogP contribution in [0, 0.1) is 13.8 Å². The normalized spacial score (nSPS) is 15.6. The number of rotatable bonds is 5. The molecule has 73 heavy (non-hydrogen) atoms. The lowest BCUT2D eigenvalue weighted by Gasteiger charge is -2.46. The highest BCUT2D eigenvalue weighted by atomic mass is 15.2. The maximum Gasteiger partial charge on any atom is 0.252 e. The molecule has 0 saturated heterocycles. The summed E-state index contributed by atoms with van der Waals surface area (Å²) in [7, 11) is 0. The zero-order chi connectivity index (χ0) is 56.2. The fraction of sp³-hybridized carbons (Fsp3) is 0.304. The smallest absolute Gasteiger partial charge is 0.252 e. The van der Waals surface area contributed by atoms with Crippen LogP contribution in [0.1, 0.15) is 148 Å². The van der Waals surface area contributed by atoms with Gasteiger partial charge in [-0.1, -0.05) is 188 Å². The van der Waals surface area contributed by atoms with Crippen LogP contribution < -0.4 is 31.1 Å². The molecule has 2 heterocycles. The molecule has 0 N–H and O–H groups in total. The van der Waals surface area contributed by atoms with E-state index >= 15 is 0 Å². The average molecular weight is 961 g/mol. The number of aryl methyl sites for hydroxylation is 2. The summed E-state index contributed by atoms with van der Waals surface area (Å²) in [5, 5.41) is 0. The number of fused-ring (bicyclic) bond motifs is 7. The van der Waals surface area contributed by atoms with Crippen LogP contribution in [-0.2, 0) is 27.1 Å². The first-order valence-electron chi connectivity index (χ1n) is 28.8. The molecule has 0 spiro atoms. The van der Waals surface area contributed by atoms with Crippen LogP contribution in [0.4, 0.5) is 51.2 Å². The SMILES string of the molecule is [2H]c1c([2H])c([2H])c(N(c2ccc3c(c2)N(c2ccc(C(C)(C)C)cc2)c2cc(C(C)(C)C)cc4c2B3c2cc(C(C)(C)C)ccc2N4c2ccc3c(c2)C(C)(C)c2ccccc2-3)c2c(C)cc(C(C)(C)C)cc2C)c([2H])c1[2H]. The van der Waals surface area contributed by atoms with Crippen molar-refractivity contribution in [2.75, 3.05) is 14.7 Å². The van der Waals surface area contributed by atoms with Gasteiger partial charge in [-0.25, -0.2) is 0 Å². The molecule has 4 heteroatoms. The molecule has 0 bridgehead atoms. The Hall–Kier alpha value is -6.78. The van der Waals surface area contributed by atoms with Gasteiger partial charge in [-0.2, -0.15) is 0 Å². The zero-order valence-electron chi connectivity index (χ0n) is 51.0. The van der Waals surface area contributed by atoms with E-state index in [0.717, 1.165) is 62.0 Å². The Kier molecular flexibility index (Phi) is 9.72. The summed E-state index contributed by atoms with van der Waals surface area (Å²) < 4.78 is 45.8. The van der Waals surface area contributed by atoms with Gasteiger partial charge >= 0.3 is 0 Å². The second-order valence-corrected chi connectivity index (χ2v) is 25.8. The monoisotopic (exact) mass is 961 g/mol. The van der Waals surface area contributed by atoms with Gasteiger partial charge in [0.1, 0.15) is 0 Å². The number of hydrogen-bond donors (Lipinski definition) is 0. The van der Waals surface area contributed by atoms with Gasteiger partial charge in [0, 0.05) is 50.9 Å². The van der Waals surface area contributed by atoms with Gasteiger partial charge in [0.2, 0.25) is 0 Å². The number of hydrogen-bond acceptors (Lipinski definition) is 3. The molecule has 8 aromatic rings. The number of para-hydroxylation sites is 1. The third kappa shape index (κ3) is 7.94. The second kappa shape index (κ2) is 16.6. The summed E-state index contributed by atoms with van der Waals surface area (Å²) in [4.78, 5) is 6.92. The highest BCUT2D eigenvalue weighted by Gasteiger charge is 2.46. The summed E-state index contributed by atoms with van der Waals surface area (Å²) in [6, 6.07) is 46.3. The van der Waals surface area contributed by atoms with Crippen molar-refractivity contribution in [1.82, 2.24) is 0 Å². The van der Waals surface area contributed by atoms with Gasteiger partial charge < -0.3 is 14.7 Å². The molecule has 0 aromatic heterocycles. The van der Waals surface area contributed by atoms with Crippen LogP contribution in [0.3, 0.4) is 0 Å². The first-order valence-corrected chi connectivity index (χ1v) is 26.3. The third-order valence-corrected chi connectivity index (χ3v) is 16.2. The molecule has 0 atom stereocenters. The minimum atomic E-state index is -0.420. The van der Waals surface area contributed by atoms with Crippen molar-refractivity contribution < 1.29 is 6.85 Å². The summed E-state index contributed by atoms with van der Waals surface area (Å²) in [5.41, 5.74) is 22.7. The molecule has 1 aliphatic carbocycles. The second-order valence-electron chi connectivity index (χ2n) is 25.8. The number of benzene rings is 8. The standard InChI is InChI=1S/C69H74BN3/c1-43-36-47(67(9,10)11)37-44(2)64(43)71(49-22-18-17-19-23-49)52-32-34-57-60(42-52)72(50-29-26-45(27-30-50)65(3,4)5)61-39-48(68(12,13)14)40-62-63(61)70(57)58-38-46(66(6,7)8)28-35-59(58)73(62)51-31-33-54-53-24-20-21-25-55(53)69(15,16)56(54)41-51/h17-42H,1-16H3/i17D,18D,19D,22D,23D. The molecule has 3 nitrogen and oxygen atoms in total. The maximum absolute atomic E-state index is 9.56. The largest absolute Gasteiger partial charge is 0.311 e. The Balaban J connectivity index is 1.25. The van der Waals surface area contributed by atoms with Crippen molar-refractivity contribution in [2.24, 2.45) is 0 Å². The van der Waals surface area contributed by atoms with Crippen molar-refractivity contribution >= 4 is 74.3 Å². The van der Waals surface area contributed by atoms with E-state index in [4.69, 9.17) is 4.11 Å². The van der Waals surface area contributed by atoms with Crippen LogP contribution in [0.5, 0.6) is 0 Å². The predicted molar refractivity (Wildman–Crippen MR) is 317 cm³/mol. The van der Waals surface area contributed by atoms with E-state index in [1.165, 1.54) is 49.9 Å². The molecule has 2 aliphatic heterocycles. The van der Waals surface area contributed by atoms with Gasteiger partial charge in [0.05, 0.1) is 12.5 Å². The van der Waals surface area contributed by atoms with Crippen molar-refractivity contribution in [3.05, 3.63) is 202 Å². The van der Waals surface area contributed by atoms with Gasteiger partial charge in [0.15, 0.2) is 0 Å². The van der Waals surface area contributed by atoms with Crippen LogP contribution in [0.15, 0.2) is 158 Å². The quantitative estimate of drug-likeness (QED) is 0.159. The van der Waals surface area contributed by atoms with Crippen molar-refractivity contribution in [1.29, 1.82) is 0 Å². The van der Waals surface area contributed by atoms with Crippen LogP contribution in [-0.4, -0.2) is 6.71 Å². The van der Waals surface area contributed by atoms with Crippen molar-refractivity contribution in [3.63, 3.8) is 0 Å². The molecule has 0 saturated carbocycles. The summed E-state index contributed by atoms with van der Waals surface area (Å²) in [6.45, 7) is 35.8. The zero-order valence-corrected chi connectivity index (χ0v) is 46.0. The predicted octanol–water partition coefficient (Wildman–Crippen LogP) is 17.4. The third-order valence-electron chi connectivity index (χ3n) is 16.2. The molecular weight excluding hydrogens is 882 g/mol. The lowest BCUT2D eigenvalue weighted by molar-refractivity contribution is 0.589. The number of nitrogens with zero attached hydrogens (tertiary/aromatic N) is 3. The van der Waals surface area contributed by atoms with Crippen molar-refractivity contribution in [3.8, 4) is 11.1 Å². The maximum atomic E-state index is 9.56. The first-order chi connectivity index (χ1) is 36.4. The topological polar surface area (TPSA) is 9.72 Å². The lowest BCUT2D eigenvalue weighted by atomic mass is 9.33. The van der Waals surface area contributed by atoms with Gasteiger partial charge in [-0.15, -0.1) is 0 Å². The Morgan fingerprint density at radius 2 is 1.00 bits per heavy atom. The lowest BCUT2D eigenvalue weighted by Crippen LogP contribution is -2.61. The van der Waals surface area contributed by atoms with Gasteiger partial charge in [0.25, 0.3) is 6.71 Å². The molecule has 368 valence electrons. The minimum Gasteiger partial charge on any atom is -0.311 e. The summed E-state index contributed by atoms with van der Waals surface area (Å²) in [5.74, 6) is 0. The van der Waals surface area contributed by atoms with E-state index < -0.39 is 6.04 Å². The molecule has 3 aliphatic rings. The number of anilines is 9. The Bertz CT molecular complexity index is 3760. The van der Waals surface area contributed by atoms with Crippen LogP contribution >= 0.6 is 0 Å². The first kappa shape index (κ1) is 42.7. The minimum absolute atomic E-state index is 0.0780. The van der Waals surface area contributed by atoms with Crippen LogP contribution in [0.25, 0.3) is 11.1 Å². The van der Waals surface area contributed by atoms with Crippen LogP contribution in [0.2, 0.25) is 0 Å². The Morgan fingerprint density at radius 1 is 0.452 bits per heavy atom. The van der Waals surface area contributed by atoms with E-state index in [9.17, 15) is 2.74 Å². The molecule has 8 aromatic carbocycles. The fourth-order valence-corrected chi connectivity index (χ4v) is 12.0. The summed E-state index contributed by atoms with van der Waals surface area (Å²) >= 11 is 0.